The highest BCUT2D eigenvalue weighted by Gasteiger charge is 2.14. The van der Waals surface area contributed by atoms with Crippen LogP contribution in [-0.4, -0.2) is 23.7 Å². The van der Waals surface area contributed by atoms with E-state index in [1.54, 1.807) is 12.1 Å². The topological polar surface area (TPSA) is 75.4 Å². The number of nitrogens with two attached hydrogens (primary N) is 1. The molecule has 0 aliphatic carbocycles. The number of anilines is 1. The van der Waals surface area contributed by atoms with Gasteiger partial charge in [0.2, 0.25) is 0 Å². The lowest BCUT2D eigenvalue weighted by atomic mass is 10.1. The third-order valence-electron chi connectivity index (χ3n) is 2.83. The van der Waals surface area contributed by atoms with Gasteiger partial charge in [0.05, 0.1) is 0 Å². The molecule has 0 aromatic heterocycles. The first kappa shape index (κ1) is 15.0. The third-order valence-corrected chi connectivity index (χ3v) is 3.29. The van der Waals surface area contributed by atoms with Crippen LogP contribution in [0.5, 0.6) is 0 Å². The molecular weight excluding hydrogens is 296 g/mol. The van der Waals surface area contributed by atoms with Crippen LogP contribution in [0.3, 0.4) is 0 Å². The van der Waals surface area contributed by atoms with Crippen molar-refractivity contribution in [3.8, 4) is 0 Å². The number of carbonyl (C=O) groups is 1. The van der Waals surface area contributed by atoms with Gasteiger partial charge in [0.25, 0.3) is 5.91 Å². The van der Waals surface area contributed by atoms with Crippen molar-refractivity contribution in [1.82, 2.24) is 5.32 Å². The number of aliphatic hydroxyl groups is 1. The van der Waals surface area contributed by atoms with Crippen molar-refractivity contribution in [3.63, 3.8) is 0 Å². The Bertz CT molecular complexity index is 435. The predicted octanol–water partition coefficient (Wildman–Crippen LogP) is 2.23. The quantitative estimate of drug-likeness (QED) is 0.729. The number of hydrogen-bond donors (Lipinski definition) is 3. The monoisotopic (exact) mass is 314 g/mol. The van der Waals surface area contributed by atoms with Gasteiger partial charge in [-0.2, -0.15) is 0 Å². The first-order chi connectivity index (χ1) is 8.45. The first-order valence-electron chi connectivity index (χ1n) is 5.93. The van der Waals surface area contributed by atoms with Crippen molar-refractivity contribution in [2.75, 3.05) is 12.3 Å². The summed E-state index contributed by atoms with van der Waals surface area (Å²) >= 11 is 3.33. The summed E-state index contributed by atoms with van der Waals surface area (Å²) in [4.78, 5) is 12.1. The smallest absolute Gasteiger partial charge is 0.251 e. The van der Waals surface area contributed by atoms with E-state index in [1.165, 1.54) is 0 Å². The highest BCUT2D eigenvalue weighted by Crippen LogP contribution is 2.22. The van der Waals surface area contributed by atoms with Crippen LogP contribution in [0, 0.1) is 6.92 Å². The van der Waals surface area contributed by atoms with Crippen LogP contribution in [0.25, 0.3) is 0 Å². The van der Waals surface area contributed by atoms with Crippen LogP contribution in [0.15, 0.2) is 16.6 Å². The average Bonchev–Trinajstić information content (AvgIpc) is 2.30. The molecule has 5 heteroatoms. The summed E-state index contributed by atoms with van der Waals surface area (Å²) in [6.07, 6.45) is 1.44. The van der Waals surface area contributed by atoms with E-state index in [-0.39, 0.29) is 18.6 Å². The number of amides is 1. The fourth-order valence-electron chi connectivity index (χ4n) is 1.71. The Morgan fingerprint density at radius 1 is 1.56 bits per heavy atom. The van der Waals surface area contributed by atoms with E-state index in [0.29, 0.717) is 17.7 Å². The molecule has 18 heavy (non-hydrogen) atoms. The summed E-state index contributed by atoms with van der Waals surface area (Å²) in [5, 5.41) is 11.6. The second-order valence-corrected chi connectivity index (χ2v) is 5.32. The van der Waals surface area contributed by atoms with Crippen molar-refractivity contribution in [2.45, 2.75) is 32.7 Å². The lowest BCUT2D eigenvalue weighted by molar-refractivity contribution is 0.0936. The third kappa shape index (κ3) is 3.99. The molecule has 0 saturated carbocycles. The molecule has 0 heterocycles. The number of carbonyl (C=O) groups excluding carboxylic acids is 1. The van der Waals surface area contributed by atoms with Gasteiger partial charge in [-0.3, -0.25) is 4.79 Å². The molecule has 0 aliphatic heterocycles. The zero-order chi connectivity index (χ0) is 13.7. The zero-order valence-electron chi connectivity index (χ0n) is 10.7. The molecule has 100 valence electrons. The summed E-state index contributed by atoms with van der Waals surface area (Å²) in [6.45, 7) is 3.89. The zero-order valence-corrected chi connectivity index (χ0v) is 12.3. The number of nitrogens with one attached hydrogen (secondary N) is 1. The van der Waals surface area contributed by atoms with E-state index in [1.807, 2.05) is 13.8 Å². The molecule has 0 fully saturated rings. The van der Waals surface area contributed by atoms with Gasteiger partial charge in [-0.25, -0.2) is 0 Å². The molecule has 1 aromatic carbocycles. The van der Waals surface area contributed by atoms with E-state index in [4.69, 9.17) is 10.8 Å². The van der Waals surface area contributed by atoms with Gasteiger partial charge in [-0.15, -0.1) is 0 Å². The molecule has 1 rings (SSSR count). The molecule has 0 saturated heterocycles. The molecule has 0 radical (unpaired) electrons. The summed E-state index contributed by atoms with van der Waals surface area (Å²) in [7, 11) is 0. The van der Waals surface area contributed by atoms with Crippen LogP contribution in [0.1, 0.15) is 35.7 Å². The van der Waals surface area contributed by atoms with Crippen molar-refractivity contribution in [3.05, 3.63) is 27.7 Å². The van der Waals surface area contributed by atoms with Crippen LogP contribution in [0.4, 0.5) is 5.69 Å². The summed E-state index contributed by atoms with van der Waals surface area (Å²) < 4.78 is 0.791. The Morgan fingerprint density at radius 3 is 2.83 bits per heavy atom. The normalized spacial score (nSPS) is 12.2. The molecule has 0 spiro atoms. The van der Waals surface area contributed by atoms with Crippen molar-refractivity contribution in [1.29, 1.82) is 0 Å². The second kappa shape index (κ2) is 6.75. The Balaban J connectivity index is 2.78. The standard InChI is InChI=1S/C13H19BrN2O2/c1-8(4-3-5-17)16-13(18)11-6-10(14)7-12(15)9(11)2/h6-8,17H,3-5,15H2,1-2H3,(H,16,18). The van der Waals surface area contributed by atoms with Gasteiger partial charge >= 0.3 is 0 Å². The average molecular weight is 315 g/mol. The Labute approximate surface area is 116 Å². The van der Waals surface area contributed by atoms with Crippen LogP contribution < -0.4 is 11.1 Å². The highest BCUT2D eigenvalue weighted by atomic mass is 79.9. The van der Waals surface area contributed by atoms with E-state index < -0.39 is 0 Å². The minimum absolute atomic E-state index is 0.0317. The van der Waals surface area contributed by atoms with E-state index >= 15 is 0 Å². The van der Waals surface area contributed by atoms with Crippen molar-refractivity contribution >= 4 is 27.5 Å². The van der Waals surface area contributed by atoms with E-state index in [0.717, 1.165) is 16.5 Å². The molecule has 0 aliphatic rings. The van der Waals surface area contributed by atoms with Crippen molar-refractivity contribution < 1.29 is 9.90 Å². The summed E-state index contributed by atoms with van der Waals surface area (Å²) in [6, 6.07) is 3.57. The van der Waals surface area contributed by atoms with Gasteiger partial charge in [-0.05, 0) is 44.4 Å². The SMILES string of the molecule is Cc1c(N)cc(Br)cc1C(=O)NC(C)CCCO. The molecule has 1 unspecified atom stereocenters. The second-order valence-electron chi connectivity index (χ2n) is 4.41. The Morgan fingerprint density at radius 2 is 2.22 bits per heavy atom. The predicted molar refractivity (Wildman–Crippen MR) is 76.5 cm³/mol. The van der Waals surface area contributed by atoms with Gasteiger partial charge in [-0.1, -0.05) is 15.9 Å². The van der Waals surface area contributed by atoms with E-state index in [9.17, 15) is 4.79 Å². The van der Waals surface area contributed by atoms with Gasteiger partial charge in [0.15, 0.2) is 0 Å². The minimum Gasteiger partial charge on any atom is -0.398 e. The fourth-order valence-corrected chi connectivity index (χ4v) is 2.18. The number of halogens is 1. The summed E-state index contributed by atoms with van der Waals surface area (Å²) in [5.74, 6) is -0.133. The molecular formula is C13H19BrN2O2. The van der Waals surface area contributed by atoms with Crippen LogP contribution >= 0.6 is 15.9 Å². The Hall–Kier alpha value is -1.07. The number of aliphatic hydroxyl groups excluding tert-OH is 1. The largest absolute Gasteiger partial charge is 0.398 e. The Kier molecular flexibility index (Phi) is 5.62. The molecule has 1 aromatic rings. The van der Waals surface area contributed by atoms with E-state index in [2.05, 4.69) is 21.2 Å². The van der Waals surface area contributed by atoms with Gasteiger partial charge < -0.3 is 16.2 Å². The molecule has 4 nitrogen and oxygen atoms in total. The number of nitrogen functional groups attached to an aromatic ring is 1. The van der Waals surface area contributed by atoms with Gasteiger partial charge in [0.1, 0.15) is 0 Å². The molecule has 1 amide bonds. The number of benzene rings is 1. The van der Waals surface area contributed by atoms with Crippen LogP contribution in [0.2, 0.25) is 0 Å². The lowest BCUT2D eigenvalue weighted by Crippen LogP contribution is -2.33. The van der Waals surface area contributed by atoms with Crippen molar-refractivity contribution in [2.24, 2.45) is 0 Å². The molecule has 4 N–H and O–H groups in total. The highest BCUT2D eigenvalue weighted by molar-refractivity contribution is 9.10. The molecule has 0 bridgehead atoms. The lowest BCUT2D eigenvalue weighted by Gasteiger charge is -2.15. The maximum Gasteiger partial charge on any atom is 0.251 e. The number of hydrogen-bond acceptors (Lipinski definition) is 3. The maximum absolute atomic E-state index is 12.1. The number of rotatable bonds is 5. The van der Waals surface area contributed by atoms with Crippen LogP contribution in [-0.2, 0) is 0 Å². The maximum atomic E-state index is 12.1. The molecule has 1 atom stereocenters. The first-order valence-corrected chi connectivity index (χ1v) is 6.72. The van der Waals surface area contributed by atoms with Gasteiger partial charge in [0, 0.05) is 28.4 Å². The minimum atomic E-state index is -0.133. The fraction of sp³-hybridized carbons (Fsp3) is 0.462. The summed E-state index contributed by atoms with van der Waals surface area (Å²) in [5.41, 5.74) is 7.79.